The Labute approximate surface area is 183 Å². The van der Waals surface area contributed by atoms with E-state index in [1.54, 1.807) is 12.7 Å². The van der Waals surface area contributed by atoms with Gasteiger partial charge in [-0.1, -0.05) is 36.6 Å². The van der Waals surface area contributed by atoms with Crippen molar-refractivity contribution >= 4 is 29.4 Å². The third kappa shape index (κ3) is 4.74. The number of anilines is 1. The first-order valence-corrected chi connectivity index (χ1v) is 10.3. The summed E-state index contributed by atoms with van der Waals surface area (Å²) in [5.41, 5.74) is 5.46. The average Bonchev–Trinajstić information content (AvgIpc) is 3.39. The molecule has 3 aromatic rings. The lowest BCUT2D eigenvalue weighted by atomic mass is 10.0. The highest BCUT2D eigenvalue weighted by atomic mass is 35.5. The summed E-state index contributed by atoms with van der Waals surface area (Å²) in [5, 5.41) is 8.95. The number of hydrogen-bond acceptors (Lipinski definition) is 6. The van der Waals surface area contributed by atoms with Crippen LogP contribution in [0.5, 0.6) is 0 Å². The molecule has 4 rings (SSSR count). The van der Waals surface area contributed by atoms with Gasteiger partial charge in [-0.2, -0.15) is 0 Å². The predicted octanol–water partition coefficient (Wildman–Crippen LogP) is 3.78. The molecule has 7 nitrogen and oxygen atoms in total. The number of rotatable bonds is 8. The highest BCUT2D eigenvalue weighted by molar-refractivity contribution is 5.85. The molecule has 162 valence electrons. The summed E-state index contributed by atoms with van der Waals surface area (Å²) in [4.78, 5) is 16.2. The van der Waals surface area contributed by atoms with Crippen molar-refractivity contribution in [2.24, 2.45) is 0 Å². The monoisotopic (exact) mass is 431 g/mol. The third-order valence-corrected chi connectivity index (χ3v) is 5.73. The van der Waals surface area contributed by atoms with E-state index in [0.717, 1.165) is 23.5 Å². The van der Waals surface area contributed by atoms with Crippen molar-refractivity contribution in [3.05, 3.63) is 47.5 Å². The molecule has 30 heavy (non-hydrogen) atoms. The molecule has 2 heterocycles. The van der Waals surface area contributed by atoms with Crippen LogP contribution in [-0.4, -0.2) is 43.9 Å². The Bertz CT molecular complexity index is 971. The summed E-state index contributed by atoms with van der Waals surface area (Å²) >= 11 is 0. The molecule has 0 bridgehead atoms. The summed E-state index contributed by atoms with van der Waals surface area (Å²) in [6, 6.07) is 7.09. The highest BCUT2D eigenvalue weighted by Crippen LogP contribution is 2.32. The Balaban J connectivity index is 0.00000256. The normalized spacial score (nSPS) is 14.2. The van der Waals surface area contributed by atoms with Crippen molar-refractivity contribution in [1.82, 2.24) is 19.5 Å². The Kier molecular flexibility index (Phi) is 7.64. The minimum absolute atomic E-state index is 0. The van der Waals surface area contributed by atoms with Gasteiger partial charge in [-0.15, -0.1) is 12.4 Å². The van der Waals surface area contributed by atoms with Gasteiger partial charge in [-0.3, -0.25) is 4.57 Å². The van der Waals surface area contributed by atoms with Gasteiger partial charge in [0.1, 0.15) is 13.1 Å². The van der Waals surface area contributed by atoms with Crippen molar-refractivity contribution in [2.45, 2.75) is 58.8 Å². The molecule has 0 unspecified atom stereocenters. The fourth-order valence-electron chi connectivity index (χ4n) is 4.15. The lowest BCUT2D eigenvalue weighted by Crippen LogP contribution is -2.34. The van der Waals surface area contributed by atoms with Crippen LogP contribution in [0.2, 0.25) is 0 Å². The van der Waals surface area contributed by atoms with Crippen LogP contribution in [-0.2, 0) is 18.0 Å². The van der Waals surface area contributed by atoms with Crippen molar-refractivity contribution in [2.75, 3.05) is 18.1 Å². The number of halogens is 1. The number of aliphatic hydroxyl groups is 1. The molecule has 0 amide bonds. The van der Waals surface area contributed by atoms with Gasteiger partial charge in [0.15, 0.2) is 17.0 Å². The molecule has 8 heteroatoms. The molecule has 1 aromatic carbocycles. The number of imidazole rings is 1. The average molecular weight is 432 g/mol. The molecular formula is C22H30ClN5O2. The highest BCUT2D eigenvalue weighted by Gasteiger charge is 2.27. The van der Waals surface area contributed by atoms with Crippen LogP contribution in [0, 0.1) is 13.8 Å². The maximum Gasteiger partial charge on any atom is 0.167 e. The molecule has 1 fully saturated rings. The van der Waals surface area contributed by atoms with Crippen molar-refractivity contribution in [3.63, 3.8) is 0 Å². The topological polar surface area (TPSA) is 76.3 Å². The van der Waals surface area contributed by atoms with Gasteiger partial charge < -0.3 is 14.7 Å². The molecule has 1 aliphatic rings. The van der Waals surface area contributed by atoms with Crippen LogP contribution in [0.25, 0.3) is 11.2 Å². The van der Waals surface area contributed by atoms with Crippen LogP contribution in [0.15, 0.2) is 30.9 Å². The lowest BCUT2D eigenvalue weighted by Gasteiger charge is -2.31. The van der Waals surface area contributed by atoms with E-state index in [1.165, 1.54) is 42.4 Å². The van der Waals surface area contributed by atoms with Crippen LogP contribution in [0.3, 0.4) is 0 Å². The first-order valence-electron chi connectivity index (χ1n) is 10.3. The number of ether oxygens (including phenoxy) is 1. The van der Waals surface area contributed by atoms with Crippen molar-refractivity contribution < 1.29 is 9.84 Å². The number of hydrogen-bond donors (Lipinski definition) is 1. The summed E-state index contributed by atoms with van der Waals surface area (Å²) in [7, 11) is 0. The largest absolute Gasteiger partial charge is 0.394 e. The third-order valence-electron chi connectivity index (χ3n) is 5.73. The number of nitrogens with zero attached hydrogens (tertiary/aromatic N) is 5. The van der Waals surface area contributed by atoms with Gasteiger partial charge in [-0.05, 0) is 37.8 Å². The molecule has 2 aromatic heterocycles. The maximum absolute atomic E-state index is 8.95. The van der Waals surface area contributed by atoms with Crippen LogP contribution < -0.4 is 4.90 Å². The van der Waals surface area contributed by atoms with E-state index in [0.29, 0.717) is 19.4 Å². The van der Waals surface area contributed by atoms with Gasteiger partial charge in [0.05, 0.1) is 19.5 Å². The van der Waals surface area contributed by atoms with Crippen molar-refractivity contribution in [1.29, 1.82) is 0 Å². The predicted molar refractivity (Wildman–Crippen MR) is 120 cm³/mol. The Morgan fingerprint density at radius 1 is 1.17 bits per heavy atom. The molecule has 0 spiro atoms. The van der Waals surface area contributed by atoms with Crippen LogP contribution in [0.4, 0.5) is 5.82 Å². The molecule has 1 aliphatic carbocycles. The Hall–Kier alpha value is -2.22. The summed E-state index contributed by atoms with van der Waals surface area (Å²) in [5.74, 6) is 0.892. The molecule has 1 N–H and O–H groups in total. The molecule has 1 saturated carbocycles. The minimum atomic E-state index is -0.00182. The van der Waals surface area contributed by atoms with Gasteiger partial charge in [-0.25, -0.2) is 15.0 Å². The van der Waals surface area contributed by atoms with Gasteiger partial charge in [0, 0.05) is 12.6 Å². The Morgan fingerprint density at radius 3 is 2.73 bits per heavy atom. The Morgan fingerprint density at radius 2 is 1.97 bits per heavy atom. The second-order valence-corrected chi connectivity index (χ2v) is 7.84. The zero-order valence-electron chi connectivity index (χ0n) is 17.6. The van der Waals surface area contributed by atoms with E-state index in [4.69, 9.17) is 9.84 Å². The zero-order valence-corrected chi connectivity index (χ0v) is 18.4. The first-order chi connectivity index (χ1) is 14.2. The number of fused-ring (bicyclic) bond motifs is 1. The second-order valence-electron chi connectivity index (χ2n) is 7.84. The second kappa shape index (κ2) is 10.2. The smallest absolute Gasteiger partial charge is 0.167 e. The molecule has 0 radical (unpaired) electrons. The standard InChI is InChI=1S/C22H29N5O2.ClH/c1-16-7-8-17(2)18(11-16)12-27(19-5-3-4-6-19)22-20-21(23-13-24-22)26(14-25-20)15-29-10-9-28;/h7-8,11,13-14,19,28H,3-6,9-10,12,15H2,1-2H3;1H. The fraction of sp³-hybridized carbons (Fsp3) is 0.500. The summed E-state index contributed by atoms with van der Waals surface area (Å²) < 4.78 is 7.32. The number of benzene rings is 1. The van der Waals surface area contributed by atoms with Gasteiger partial charge >= 0.3 is 0 Å². The van der Waals surface area contributed by atoms with E-state index >= 15 is 0 Å². The summed E-state index contributed by atoms with van der Waals surface area (Å²) in [6.07, 6.45) is 8.22. The molecule has 0 atom stereocenters. The molecule has 0 saturated heterocycles. The zero-order chi connectivity index (χ0) is 20.2. The molecular weight excluding hydrogens is 402 g/mol. The number of aromatic nitrogens is 4. The van der Waals surface area contributed by atoms with Gasteiger partial charge in [0.25, 0.3) is 0 Å². The van der Waals surface area contributed by atoms with E-state index < -0.39 is 0 Å². The van der Waals surface area contributed by atoms with E-state index in [1.807, 2.05) is 4.57 Å². The minimum Gasteiger partial charge on any atom is -0.394 e. The van der Waals surface area contributed by atoms with Crippen LogP contribution in [0.1, 0.15) is 42.4 Å². The SMILES string of the molecule is Cc1ccc(C)c(CN(c2ncnc3c2ncn3COCCO)C2CCCC2)c1.Cl. The first kappa shape index (κ1) is 22.5. The lowest BCUT2D eigenvalue weighted by molar-refractivity contribution is 0.0499. The summed E-state index contributed by atoms with van der Waals surface area (Å²) in [6.45, 7) is 5.73. The van der Waals surface area contributed by atoms with E-state index in [2.05, 4.69) is 51.9 Å². The van der Waals surface area contributed by atoms with Crippen molar-refractivity contribution in [3.8, 4) is 0 Å². The van der Waals surface area contributed by atoms with Crippen LogP contribution >= 0.6 is 12.4 Å². The fourth-order valence-corrected chi connectivity index (χ4v) is 4.15. The number of aryl methyl sites for hydroxylation is 2. The molecule has 0 aliphatic heterocycles. The number of aliphatic hydroxyl groups excluding tert-OH is 1. The van der Waals surface area contributed by atoms with Gasteiger partial charge in [0.2, 0.25) is 0 Å². The van der Waals surface area contributed by atoms with E-state index in [9.17, 15) is 0 Å². The maximum atomic E-state index is 8.95. The van der Waals surface area contributed by atoms with E-state index in [-0.39, 0.29) is 19.0 Å². The quantitative estimate of drug-likeness (QED) is 0.547.